The van der Waals surface area contributed by atoms with Gasteiger partial charge in [-0.15, -0.1) is 0 Å². The maximum absolute atomic E-state index is 6.76. The Kier molecular flexibility index (Phi) is 31.5. The highest BCUT2D eigenvalue weighted by Crippen LogP contribution is 2.43. The van der Waals surface area contributed by atoms with Gasteiger partial charge in [-0.25, -0.2) is 29.9 Å². The molecule has 14 rings (SSSR count). The molecule has 12 aromatic rings. The summed E-state index contributed by atoms with van der Waals surface area (Å²) < 4.78 is 92.9. The third-order valence-electron chi connectivity index (χ3n) is 23.3. The SMILES string of the molecule is Cn1ccnc1COc1c2cc(C(C)(C)C)cc1COCc1cc(C(C)(C)C)cc(c1OCc1nccn1C)COCc1cc(C(C)(C)C)cc(c1OCc1nccn1C)COC2.Cn1ccnc1COc1c2cc(C(C)(C)C)cc1COCc1cc(C(C)(C)C)cc(c1OCc1nccn1C)COCc1cc(C(C)(C)C)cc(c1OCc1nccn1C)COC2.O.O. The van der Waals surface area contributed by atoms with E-state index in [2.05, 4.69) is 227 Å². The van der Waals surface area contributed by atoms with E-state index in [1.54, 1.807) is 37.2 Å². The van der Waals surface area contributed by atoms with Gasteiger partial charge in [-0.1, -0.05) is 125 Å². The summed E-state index contributed by atoms with van der Waals surface area (Å²) in [6, 6.07) is 26.5. The van der Waals surface area contributed by atoms with Crippen LogP contribution in [0.4, 0.5) is 0 Å². The van der Waals surface area contributed by atoms with Crippen molar-refractivity contribution >= 4 is 0 Å². The summed E-state index contributed by atoms with van der Waals surface area (Å²) in [4.78, 5) is 27.4. The van der Waals surface area contributed by atoms with Crippen LogP contribution in [0.3, 0.4) is 0 Å². The second-order valence-electron chi connectivity index (χ2n) is 39.7. The van der Waals surface area contributed by atoms with Gasteiger partial charge >= 0.3 is 0 Å². The van der Waals surface area contributed by atoms with Gasteiger partial charge in [0, 0.05) is 183 Å². The van der Waals surface area contributed by atoms with Crippen LogP contribution in [0.2, 0.25) is 0 Å². The van der Waals surface area contributed by atoms with Crippen LogP contribution in [0.25, 0.3) is 0 Å². The Morgan fingerprint density at radius 3 is 0.406 bits per heavy atom. The number of hydrogen-bond acceptors (Lipinski definition) is 18. The van der Waals surface area contributed by atoms with Crippen LogP contribution >= 0.6 is 0 Å². The minimum Gasteiger partial charge on any atom is -0.485 e. The fraction of sp³-hybridized carbons (Fsp3) is 0.471. The number of aromatic nitrogens is 12. The molecule has 0 amide bonds. The van der Waals surface area contributed by atoms with Crippen molar-refractivity contribution in [3.8, 4) is 34.5 Å². The van der Waals surface area contributed by atoms with Crippen LogP contribution in [-0.2, 0) is 222 Å². The number of aryl methyl sites for hydroxylation is 6. The van der Waals surface area contributed by atoms with Gasteiger partial charge in [0.2, 0.25) is 0 Å². The standard InChI is InChI=1S/2C51H66N6O6.2H2O/c2*1-49(2,3)40-19-34-25-58-27-36-21-41(50(4,5)6)23-38(47(36)62-32-44-53-14-17-56(44)11)29-60-30-39-24-42(51(7,8)9)22-37(48(39)63-33-45-54-15-18-57(45)12)28-59-26-35(20-40)46(34)61-31-43-52-13-16-55(43)10;;/h2*13-24H,25-33H2,1-12H3;2*1H2. The van der Waals surface area contributed by atoms with Gasteiger partial charge in [0.05, 0.1) is 79.3 Å². The van der Waals surface area contributed by atoms with Crippen molar-refractivity contribution in [3.63, 3.8) is 0 Å². The Balaban J connectivity index is 0.000000244. The minimum atomic E-state index is -0.164. The van der Waals surface area contributed by atoms with Crippen LogP contribution in [-0.4, -0.2) is 68.3 Å². The van der Waals surface area contributed by atoms with Gasteiger partial charge in [0.25, 0.3) is 0 Å². The van der Waals surface area contributed by atoms with E-state index in [9.17, 15) is 0 Å². The first-order chi connectivity index (χ1) is 59.7. The lowest BCUT2D eigenvalue weighted by Gasteiger charge is -2.26. The molecule has 0 saturated carbocycles. The van der Waals surface area contributed by atoms with E-state index in [-0.39, 0.29) is 83.1 Å². The van der Waals surface area contributed by atoms with Crippen LogP contribution in [0.1, 0.15) is 260 Å². The lowest BCUT2D eigenvalue weighted by atomic mass is 9.84. The average Bonchev–Trinajstić information content (AvgIpc) is 1.09. The third-order valence-corrected chi connectivity index (χ3v) is 23.3. The molecule has 0 saturated heterocycles. The van der Waals surface area contributed by atoms with Crippen molar-refractivity contribution in [1.29, 1.82) is 0 Å². The Bertz CT molecular complexity index is 4670. The second kappa shape index (κ2) is 41.2. The molecular formula is C102H136N12O14. The molecule has 0 unspecified atom stereocenters. The second-order valence-corrected chi connectivity index (χ2v) is 39.7. The van der Waals surface area contributed by atoms with Crippen molar-refractivity contribution < 1.29 is 67.8 Å². The summed E-state index contributed by atoms with van der Waals surface area (Å²) in [5.41, 5.74) is 17.1. The number of nitrogens with zero attached hydrogens (tertiary/aromatic N) is 12. The van der Waals surface area contributed by atoms with Crippen LogP contribution in [0.15, 0.2) is 147 Å². The summed E-state index contributed by atoms with van der Waals surface area (Å²) in [6.07, 6.45) is 22.3. The van der Waals surface area contributed by atoms with E-state index < -0.39 is 0 Å². The first-order valence-electron chi connectivity index (χ1n) is 43.7. The number of hydrogen-bond donors (Lipinski definition) is 0. The normalized spacial score (nSPS) is 14.1. The lowest BCUT2D eigenvalue weighted by Crippen LogP contribution is -2.17. The van der Waals surface area contributed by atoms with E-state index in [1.165, 1.54) is 0 Å². The number of fused-ring (bicyclic) bond motifs is 12. The van der Waals surface area contributed by atoms with Gasteiger partial charge in [-0.05, 0) is 139 Å². The van der Waals surface area contributed by atoms with Crippen LogP contribution in [0, 0.1) is 0 Å². The molecule has 128 heavy (non-hydrogen) atoms. The molecule has 0 atom stereocenters. The number of ether oxygens (including phenoxy) is 12. The van der Waals surface area contributed by atoms with Crippen molar-refractivity contribution in [2.24, 2.45) is 42.3 Å². The molecule has 12 bridgehead atoms. The highest BCUT2D eigenvalue weighted by atomic mass is 16.5. The van der Waals surface area contributed by atoms with Crippen molar-refractivity contribution in [3.05, 3.63) is 282 Å². The van der Waals surface area contributed by atoms with Crippen molar-refractivity contribution in [2.75, 3.05) is 0 Å². The fourth-order valence-electron chi connectivity index (χ4n) is 15.2. The zero-order chi connectivity index (χ0) is 90.2. The molecular weight excluding hydrogens is 1620 g/mol. The Morgan fingerprint density at radius 2 is 0.320 bits per heavy atom. The van der Waals surface area contributed by atoms with E-state index >= 15 is 0 Å². The van der Waals surface area contributed by atoms with E-state index in [0.29, 0.717) is 79.3 Å². The first kappa shape index (κ1) is 97.7. The Labute approximate surface area is 756 Å². The molecule has 0 aliphatic carbocycles. The number of imidazole rings is 6. The quantitative estimate of drug-likeness (QED) is 0.0771. The maximum atomic E-state index is 6.76. The summed E-state index contributed by atoms with van der Waals surface area (Å²) in [5.74, 6) is 9.24. The highest BCUT2D eigenvalue weighted by molar-refractivity contribution is 5.53. The summed E-state index contributed by atoms with van der Waals surface area (Å²) >= 11 is 0. The molecule has 26 heteroatoms. The van der Waals surface area contributed by atoms with Gasteiger partial charge < -0.3 is 95.2 Å². The Morgan fingerprint density at radius 1 is 0.211 bits per heavy atom. The summed E-state index contributed by atoms with van der Waals surface area (Å²) in [7, 11) is 11.9. The smallest absolute Gasteiger partial charge is 0.146 e. The largest absolute Gasteiger partial charge is 0.485 e. The summed E-state index contributed by atoms with van der Waals surface area (Å²) in [5, 5.41) is 0. The first-order valence-corrected chi connectivity index (χ1v) is 43.7. The lowest BCUT2D eigenvalue weighted by molar-refractivity contribution is 0.0888. The van der Waals surface area contributed by atoms with Gasteiger partial charge in [-0.2, -0.15) is 0 Å². The van der Waals surface area contributed by atoms with Gasteiger partial charge in [-0.3, -0.25) is 0 Å². The fourth-order valence-corrected chi connectivity index (χ4v) is 15.2. The maximum Gasteiger partial charge on any atom is 0.146 e. The zero-order valence-electron chi connectivity index (χ0n) is 79.8. The van der Waals surface area contributed by atoms with E-state index in [4.69, 9.17) is 56.8 Å². The molecule has 6 aromatic carbocycles. The Hall–Kier alpha value is -10.9. The predicted molar refractivity (Wildman–Crippen MR) is 494 cm³/mol. The molecule has 4 N–H and O–H groups in total. The topological polar surface area (TPSA) is 281 Å². The average molecular weight is 1750 g/mol. The molecule has 0 fully saturated rings. The molecule has 2 aliphatic rings. The molecule has 0 spiro atoms. The highest BCUT2D eigenvalue weighted by Gasteiger charge is 2.31. The summed E-state index contributed by atoms with van der Waals surface area (Å²) in [6.45, 7) is 45.2. The molecule has 6 aromatic heterocycles. The number of benzene rings is 6. The third kappa shape index (κ3) is 24.5. The van der Waals surface area contributed by atoms with Crippen LogP contribution in [0.5, 0.6) is 34.5 Å². The van der Waals surface area contributed by atoms with Crippen molar-refractivity contribution in [2.45, 2.75) is 276 Å². The molecule has 8 heterocycles. The van der Waals surface area contributed by atoms with E-state index in [0.717, 1.165) is 170 Å². The molecule has 0 radical (unpaired) electrons. The predicted octanol–water partition coefficient (Wildman–Crippen LogP) is 18.3. The van der Waals surface area contributed by atoms with Gasteiger partial charge in [0.15, 0.2) is 0 Å². The molecule has 688 valence electrons. The van der Waals surface area contributed by atoms with Gasteiger partial charge in [0.1, 0.15) is 109 Å². The minimum absolute atomic E-state index is 0. The number of rotatable bonds is 18. The monoisotopic (exact) mass is 1750 g/mol. The molecule has 26 nitrogen and oxygen atoms in total. The zero-order valence-corrected chi connectivity index (χ0v) is 79.8. The van der Waals surface area contributed by atoms with Crippen molar-refractivity contribution in [1.82, 2.24) is 57.3 Å². The van der Waals surface area contributed by atoms with E-state index in [1.807, 2.05) is 107 Å². The van der Waals surface area contributed by atoms with Crippen LogP contribution < -0.4 is 28.4 Å². The molecule has 2 aliphatic heterocycles.